The third-order valence-corrected chi connectivity index (χ3v) is 3.83. The van der Waals surface area contributed by atoms with Gasteiger partial charge in [-0.05, 0) is 31.0 Å². The van der Waals surface area contributed by atoms with Crippen molar-refractivity contribution >= 4 is 5.91 Å². The molecule has 2 rings (SSSR count). The minimum Gasteiger partial charge on any atom is -0.494 e. The van der Waals surface area contributed by atoms with Crippen molar-refractivity contribution in [1.29, 1.82) is 0 Å². The van der Waals surface area contributed by atoms with E-state index < -0.39 is 11.4 Å². The van der Waals surface area contributed by atoms with Crippen LogP contribution in [0.4, 0.5) is 4.39 Å². The molecule has 5 heteroatoms. The Morgan fingerprint density at radius 2 is 2.21 bits per heavy atom. The standard InChI is InChI=1S/C14H19FN2O2/c1-5-14(2)13(18)17(3)12(16-14)9-6-7-11(19-4)10(15)8-9/h6-8,12,16H,5H2,1-4H3. The summed E-state index contributed by atoms with van der Waals surface area (Å²) in [4.78, 5) is 13.8. The van der Waals surface area contributed by atoms with Gasteiger partial charge in [-0.15, -0.1) is 0 Å². The molecular weight excluding hydrogens is 247 g/mol. The van der Waals surface area contributed by atoms with Crippen molar-refractivity contribution < 1.29 is 13.9 Å². The third kappa shape index (κ3) is 2.18. The van der Waals surface area contributed by atoms with Crippen molar-refractivity contribution in [1.82, 2.24) is 10.2 Å². The first-order chi connectivity index (χ1) is 8.92. The first-order valence-electron chi connectivity index (χ1n) is 6.31. The van der Waals surface area contributed by atoms with Crippen LogP contribution in [0.3, 0.4) is 0 Å². The second-order valence-electron chi connectivity index (χ2n) is 5.04. The lowest BCUT2D eigenvalue weighted by Gasteiger charge is -2.20. The first kappa shape index (κ1) is 13.8. The minimum atomic E-state index is -0.587. The number of carbonyl (C=O) groups excluding carboxylic acids is 1. The van der Waals surface area contributed by atoms with Crippen LogP contribution >= 0.6 is 0 Å². The van der Waals surface area contributed by atoms with E-state index in [1.165, 1.54) is 13.2 Å². The van der Waals surface area contributed by atoms with Gasteiger partial charge in [0.1, 0.15) is 6.17 Å². The number of methoxy groups -OCH3 is 1. The molecule has 0 aromatic heterocycles. The maximum Gasteiger partial charge on any atom is 0.243 e. The summed E-state index contributed by atoms with van der Waals surface area (Å²) in [5.41, 5.74) is 0.127. The number of rotatable bonds is 3. The fourth-order valence-electron chi connectivity index (χ4n) is 2.38. The van der Waals surface area contributed by atoms with Crippen LogP contribution < -0.4 is 10.1 Å². The molecule has 19 heavy (non-hydrogen) atoms. The van der Waals surface area contributed by atoms with Gasteiger partial charge in [-0.3, -0.25) is 10.1 Å². The molecule has 2 atom stereocenters. The molecule has 1 aliphatic rings. The van der Waals surface area contributed by atoms with Crippen LogP contribution in [0.15, 0.2) is 18.2 Å². The van der Waals surface area contributed by atoms with Crippen molar-refractivity contribution in [3.8, 4) is 5.75 Å². The Labute approximate surface area is 112 Å². The second-order valence-corrected chi connectivity index (χ2v) is 5.04. The van der Waals surface area contributed by atoms with Gasteiger partial charge < -0.3 is 9.64 Å². The Morgan fingerprint density at radius 1 is 1.53 bits per heavy atom. The Kier molecular flexibility index (Phi) is 3.49. The molecule has 0 radical (unpaired) electrons. The summed E-state index contributed by atoms with van der Waals surface area (Å²) in [6, 6.07) is 4.75. The number of ether oxygens (including phenoxy) is 1. The molecule has 104 valence electrons. The monoisotopic (exact) mass is 266 g/mol. The van der Waals surface area contributed by atoms with Gasteiger partial charge in [0.2, 0.25) is 5.91 Å². The maximum atomic E-state index is 13.7. The highest BCUT2D eigenvalue weighted by Gasteiger charge is 2.45. The summed E-state index contributed by atoms with van der Waals surface area (Å²) in [6.07, 6.45) is 0.378. The molecule has 1 fully saturated rings. The molecule has 1 saturated heterocycles. The van der Waals surface area contributed by atoms with E-state index in [1.807, 2.05) is 13.8 Å². The van der Waals surface area contributed by atoms with E-state index in [2.05, 4.69) is 5.32 Å². The number of likely N-dealkylation sites (N-methyl/N-ethyl adjacent to an activating group) is 1. The van der Waals surface area contributed by atoms with E-state index in [0.717, 1.165) is 0 Å². The van der Waals surface area contributed by atoms with Gasteiger partial charge >= 0.3 is 0 Å². The van der Waals surface area contributed by atoms with Crippen LogP contribution in [0.2, 0.25) is 0 Å². The molecule has 2 unspecified atom stereocenters. The quantitative estimate of drug-likeness (QED) is 0.910. The van der Waals surface area contributed by atoms with Gasteiger partial charge in [0.05, 0.1) is 12.6 Å². The predicted octanol–water partition coefficient (Wildman–Crippen LogP) is 2.06. The highest BCUT2D eigenvalue weighted by molar-refractivity contribution is 5.88. The van der Waals surface area contributed by atoms with Gasteiger partial charge in [-0.25, -0.2) is 4.39 Å². The van der Waals surface area contributed by atoms with E-state index >= 15 is 0 Å². The summed E-state index contributed by atoms with van der Waals surface area (Å²) in [6.45, 7) is 3.82. The van der Waals surface area contributed by atoms with E-state index in [4.69, 9.17) is 4.74 Å². The zero-order chi connectivity index (χ0) is 14.2. The summed E-state index contributed by atoms with van der Waals surface area (Å²) in [5, 5.41) is 3.27. The highest BCUT2D eigenvalue weighted by atomic mass is 19.1. The molecule has 0 spiro atoms. The van der Waals surface area contributed by atoms with Gasteiger partial charge in [-0.2, -0.15) is 0 Å². The van der Waals surface area contributed by atoms with Gasteiger partial charge in [0, 0.05) is 7.05 Å². The van der Waals surface area contributed by atoms with Crippen molar-refractivity contribution in [3.63, 3.8) is 0 Å². The van der Waals surface area contributed by atoms with E-state index in [1.54, 1.807) is 24.1 Å². The topological polar surface area (TPSA) is 41.6 Å². The number of amides is 1. The minimum absolute atomic E-state index is 0.0243. The fraction of sp³-hybridized carbons (Fsp3) is 0.500. The van der Waals surface area contributed by atoms with Crippen LogP contribution in [0.25, 0.3) is 0 Å². The molecule has 0 aliphatic carbocycles. The van der Waals surface area contributed by atoms with Crippen molar-refractivity contribution in [2.45, 2.75) is 32.0 Å². The molecule has 1 heterocycles. The zero-order valence-electron chi connectivity index (χ0n) is 11.7. The number of benzene rings is 1. The maximum absolute atomic E-state index is 13.7. The lowest BCUT2D eigenvalue weighted by Crippen LogP contribution is -2.42. The summed E-state index contributed by atoms with van der Waals surface area (Å²) in [7, 11) is 3.15. The van der Waals surface area contributed by atoms with E-state index in [-0.39, 0.29) is 17.8 Å². The van der Waals surface area contributed by atoms with Crippen molar-refractivity contribution in [3.05, 3.63) is 29.6 Å². The molecule has 4 nitrogen and oxygen atoms in total. The Balaban J connectivity index is 2.33. The Bertz CT molecular complexity index is 506. The predicted molar refractivity (Wildman–Crippen MR) is 70.3 cm³/mol. The van der Waals surface area contributed by atoms with Gasteiger partial charge in [0.25, 0.3) is 0 Å². The average molecular weight is 266 g/mol. The van der Waals surface area contributed by atoms with Crippen LogP contribution in [0.5, 0.6) is 5.75 Å². The number of nitrogens with one attached hydrogen (secondary N) is 1. The molecule has 1 amide bonds. The molecular formula is C14H19FN2O2. The van der Waals surface area contributed by atoms with Crippen LogP contribution in [0, 0.1) is 5.82 Å². The van der Waals surface area contributed by atoms with Gasteiger partial charge in [0.15, 0.2) is 11.6 Å². The number of carbonyl (C=O) groups is 1. The Morgan fingerprint density at radius 3 is 2.68 bits per heavy atom. The third-order valence-electron chi connectivity index (χ3n) is 3.83. The van der Waals surface area contributed by atoms with Gasteiger partial charge in [-0.1, -0.05) is 13.0 Å². The van der Waals surface area contributed by atoms with E-state index in [9.17, 15) is 9.18 Å². The van der Waals surface area contributed by atoms with Crippen molar-refractivity contribution in [2.24, 2.45) is 0 Å². The van der Waals surface area contributed by atoms with E-state index in [0.29, 0.717) is 12.0 Å². The second kappa shape index (κ2) is 4.81. The fourth-order valence-corrected chi connectivity index (χ4v) is 2.38. The number of nitrogens with zero attached hydrogens (tertiary/aromatic N) is 1. The van der Waals surface area contributed by atoms with Crippen LogP contribution in [0.1, 0.15) is 32.0 Å². The number of halogens is 1. The average Bonchev–Trinajstić information content (AvgIpc) is 2.64. The first-order valence-corrected chi connectivity index (χ1v) is 6.31. The Hall–Kier alpha value is -1.62. The normalized spacial score (nSPS) is 26.9. The van der Waals surface area contributed by atoms with Crippen LogP contribution in [-0.2, 0) is 4.79 Å². The lowest BCUT2D eigenvalue weighted by atomic mass is 9.99. The molecule has 0 bridgehead atoms. The summed E-state index contributed by atoms with van der Waals surface area (Å²) < 4.78 is 18.6. The zero-order valence-corrected chi connectivity index (χ0v) is 11.7. The summed E-state index contributed by atoms with van der Waals surface area (Å²) in [5.74, 6) is -0.196. The van der Waals surface area contributed by atoms with Crippen molar-refractivity contribution in [2.75, 3.05) is 14.2 Å². The largest absolute Gasteiger partial charge is 0.494 e. The van der Waals surface area contributed by atoms with Crippen LogP contribution in [-0.4, -0.2) is 30.5 Å². The summed E-state index contributed by atoms with van der Waals surface area (Å²) >= 11 is 0. The lowest BCUT2D eigenvalue weighted by molar-refractivity contribution is -0.131. The number of hydrogen-bond donors (Lipinski definition) is 1. The molecule has 1 N–H and O–H groups in total. The molecule has 1 aliphatic heterocycles. The molecule has 1 aromatic rings. The molecule has 1 aromatic carbocycles. The smallest absolute Gasteiger partial charge is 0.243 e. The highest BCUT2D eigenvalue weighted by Crippen LogP contribution is 2.32. The SMILES string of the molecule is CCC1(C)NC(c2ccc(OC)c(F)c2)N(C)C1=O. The molecule has 0 saturated carbocycles. The number of hydrogen-bond acceptors (Lipinski definition) is 3.